The first-order valence-corrected chi connectivity index (χ1v) is 10.5. The summed E-state index contributed by atoms with van der Waals surface area (Å²) in [7, 11) is 0. The van der Waals surface area contributed by atoms with Crippen LogP contribution in [-0.4, -0.2) is 9.97 Å². The number of aryl methyl sites for hydroxylation is 1. The second kappa shape index (κ2) is 8.41. The normalized spacial score (nSPS) is 11.6. The van der Waals surface area contributed by atoms with E-state index >= 15 is 0 Å². The van der Waals surface area contributed by atoms with E-state index in [0.717, 1.165) is 33.5 Å². The summed E-state index contributed by atoms with van der Waals surface area (Å²) >= 11 is 0. The fourth-order valence-corrected chi connectivity index (χ4v) is 3.78. The van der Waals surface area contributed by atoms with Crippen molar-refractivity contribution in [1.29, 1.82) is 5.26 Å². The van der Waals surface area contributed by atoms with E-state index in [0.29, 0.717) is 18.0 Å². The summed E-state index contributed by atoms with van der Waals surface area (Å²) in [4.78, 5) is 7.85. The number of H-pyrrole nitrogens is 1. The summed E-state index contributed by atoms with van der Waals surface area (Å²) in [5.74, 6) is 1.28. The summed E-state index contributed by atoms with van der Waals surface area (Å²) in [5, 5.41) is 12.2. The molecule has 0 fully saturated rings. The maximum absolute atomic E-state index is 9.80. The quantitative estimate of drug-likeness (QED) is 0.326. The van der Waals surface area contributed by atoms with Gasteiger partial charge in [0.25, 0.3) is 0 Å². The molecule has 0 radical (unpaired) electrons. The SMILES string of the molecule is Cc1ccc2nc(/C(C#N)=C\c3ccccc3OCc3ccc4ccccc4c3)[nH]c2c1. The van der Waals surface area contributed by atoms with Crippen LogP contribution in [-0.2, 0) is 6.61 Å². The van der Waals surface area contributed by atoms with E-state index in [1.807, 2.05) is 67.6 Å². The number of ether oxygens (including phenoxy) is 1. The standard InChI is InChI=1S/C28H21N3O/c1-19-10-13-25-26(14-19)31-28(30-25)24(17-29)16-23-8-4-5-9-27(23)32-18-20-11-12-21-6-2-3-7-22(21)15-20/h2-16H,18H2,1H3,(H,30,31)/b24-16-. The van der Waals surface area contributed by atoms with Crippen molar-refractivity contribution in [3.63, 3.8) is 0 Å². The second-order valence-electron chi connectivity index (χ2n) is 7.78. The Morgan fingerprint density at radius 2 is 1.78 bits per heavy atom. The number of allylic oxidation sites excluding steroid dienone is 1. The molecular formula is C28H21N3O. The van der Waals surface area contributed by atoms with E-state index < -0.39 is 0 Å². The van der Waals surface area contributed by atoms with E-state index in [-0.39, 0.29) is 0 Å². The maximum atomic E-state index is 9.80. The summed E-state index contributed by atoms with van der Waals surface area (Å²) in [6.07, 6.45) is 1.82. The second-order valence-corrected chi connectivity index (χ2v) is 7.78. The van der Waals surface area contributed by atoms with Gasteiger partial charge in [0.2, 0.25) is 0 Å². The molecular weight excluding hydrogens is 394 g/mol. The molecule has 1 N–H and O–H groups in total. The van der Waals surface area contributed by atoms with Gasteiger partial charge in [-0.15, -0.1) is 0 Å². The lowest BCUT2D eigenvalue weighted by Gasteiger charge is -2.10. The Hall–Kier alpha value is -4.36. The summed E-state index contributed by atoms with van der Waals surface area (Å²) < 4.78 is 6.14. The lowest BCUT2D eigenvalue weighted by molar-refractivity contribution is 0.306. The molecule has 0 aliphatic heterocycles. The van der Waals surface area contributed by atoms with Gasteiger partial charge in [-0.3, -0.25) is 0 Å². The van der Waals surface area contributed by atoms with Crippen LogP contribution in [0.15, 0.2) is 84.9 Å². The lowest BCUT2D eigenvalue weighted by atomic mass is 10.1. The van der Waals surface area contributed by atoms with Crippen LogP contribution in [0.1, 0.15) is 22.5 Å². The van der Waals surface area contributed by atoms with Crippen LogP contribution in [0, 0.1) is 18.3 Å². The number of fused-ring (bicyclic) bond motifs is 2. The number of nitrogens with one attached hydrogen (secondary N) is 1. The minimum Gasteiger partial charge on any atom is -0.488 e. The van der Waals surface area contributed by atoms with Crippen molar-refractivity contribution in [3.05, 3.63) is 107 Å². The molecule has 5 aromatic rings. The molecule has 0 unspecified atom stereocenters. The molecule has 4 nitrogen and oxygen atoms in total. The zero-order chi connectivity index (χ0) is 21.9. The number of rotatable bonds is 5. The van der Waals surface area contributed by atoms with Crippen molar-refractivity contribution < 1.29 is 4.74 Å². The van der Waals surface area contributed by atoms with Gasteiger partial charge in [0.05, 0.1) is 16.6 Å². The Morgan fingerprint density at radius 1 is 0.969 bits per heavy atom. The Labute approximate surface area is 186 Å². The Kier molecular flexibility index (Phi) is 5.15. The van der Waals surface area contributed by atoms with Gasteiger partial charge >= 0.3 is 0 Å². The zero-order valence-corrected chi connectivity index (χ0v) is 17.7. The largest absolute Gasteiger partial charge is 0.488 e. The van der Waals surface area contributed by atoms with Gasteiger partial charge in [0.15, 0.2) is 0 Å². The minimum atomic E-state index is 0.446. The number of nitriles is 1. The number of benzene rings is 4. The molecule has 0 spiro atoms. The van der Waals surface area contributed by atoms with Gasteiger partial charge in [-0.1, -0.05) is 60.7 Å². The minimum absolute atomic E-state index is 0.446. The van der Waals surface area contributed by atoms with E-state index in [4.69, 9.17) is 4.74 Å². The van der Waals surface area contributed by atoms with Crippen LogP contribution >= 0.6 is 0 Å². The summed E-state index contributed by atoms with van der Waals surface area (Å²) in [6, 6.07) is 30.6. The number of imidazole rings is 1. The predicted octanol–water partition coefficient (Wildman–Crippen LogP) is 6.67. The summed E-state index contributed by atoms with van der Waals surface area (Å²) in [6.45, 7) is 2.48. The van der Waals surface area contributed by atoms with Crippen LogP contribution in [0.5, 0.6) is 5.75 Å². The zero-order valence-electron chi connectivity index (χ0n) is 17.7. The van der Waals surface area contributed by atoms with Crippen LogP contribution in [0.2, 0.25) is 0 Å². The molecule has 0 aliphatic carbocycles. The number of nitrogens with zero attached hydrogens (tertiary/aromatic N) is 2. The number of para-hydroxylation sites is 1. The van der Waals surface area contributed by atoms with Crippen LogP contribution < -0.4 is 4.74 Å². The third-order valence-electron chi connectivity index (χ3n) is 5.44. The third-order valence-corrected chi connectivity index (χ3v) is 5.44. The molecule has 0 saturated heterocycles. The van der Waals surface area contributed by atoms with E-state index in [1.54, 1.807) is 0 Å². The molecule has 32 heavy (non-hydrogen) atoms. The van der Waals surface area contributed by atoms with Crippen molar-refractivity contribution in [2.75, 3.05) is 0 Å². The van der Waals surface area contributed by atoms with Crippen molar-refractivity contribution in [2.45, 2.75) is 13.5 Å². The fourth-order valence-electron chi connectivity index (χ4n) is 3.78. The monoisotopic (exact) mass is 415 g/mol. The van der Waals surface area contributed by atoms with Crippen molar-refractivity contribution >= 4 is 33.5 Å². The van der Waals surface area contributed by atoms with Gasteiger partial charge in [-0.25, -0.2) is 4.98 Å². The molecule has 4 heteroatoms. The Bertz CT molecular complexity index is 1500. The van der Waals surface area contributed by atoms with Gasteiger partial charge in [-0.2, -0.15) is 5.26 Å². The average Bonchev–Trinajstić information content (AvgIpc) is 3.24. The molecule has 0 atom stereocenters. The molecule has 154 valence electrons. The van der Waals surface area contributed by atoms with Gasteiger partial charge in [0.1, 0.15) is 24.3 Å². The highest BCUT2D eigenvalue weighted by Crippen LogP contribution is 2.26. The molecule has 0 amide bonds. The number of hydrogen-bond donors (Lipinski definition) is 1. The topological polar surface area (TPSA) is 61.7 Å². The third kappa shape index (κ3) is 3.97. The lowest BCUT2D eigenvalue weighted by Crippen LogP contribution is -1.97. The highest BCUT2D eigenvalue weighted by atomic mass is 16.5. The van der Waals surface area contributed by atoms with Crippen LogP contribution in [0.3, 0.4) is 0 Å². The van der Waals surface area contributed by atoms with E-state index in [1.165, 1.54) is 10.8 Å². The van der Waals surface area contributed by atoms with Crippen molar-refractivity contribution in [2.24, 2.45) is 0 Å². The van der Waals surface area contributed by atoms with Gasteiger partial charge in [0, 0.05) is 5.56 Å². The predicted molar refractivity (Wildman–Crippen MR) is 129 cm³/mol. The number of hydrogen-bond acceptors (Lipinski definition) is 3. The molecule has 1 heterocycles. The first-order chi connectivity index (χ1) is 15.7. The summed E-state index contributed by atoms with van der Waals surface area (Å²) in [5.41, 5.74) is 5.29. The molecule has 5 rings (SSSR count). The van der Waals surface area contributed by atoms with Crippen molar-refractivity contribution in [3.8, 4) is 11.8 Å². The first kappa shape index (κ1) is 19.6. The molecule has 4 aromatic carbocycles. The Morgan fingerprint density at radius 3 is 2.66 bits per heavy atom. The van der Waals surface area contributed by atoms with Crippen LogP contribution in [0.25, 0.3) is 33.5 Å². The number of aromatic nitrogens is 2. The Balaban J connectivity index is 1.43. The smallest absolute Gasteiger partial charge is 0.149 e. The molecule has 0 aliphatic rings. The number of aromatic amines is 1. The van der Waals surface area contributed by atoms with E-state index in [9.17, 15) is 5.26 Å². The molecule has 0 bridgehead atoms. The van der Waals surface area contributed by atoms with Crippen molar-refractivity contribution in [1.82, 2.24) is 9.97 Å². The molecule has 1 aromatic heterocycles. The molecule has 0 saturated carbocycles. The van der Waals surface area contributed by atoms with Gasteiger partial charge in [-0.05, 0) is 59.2 Å². The van der Waals surface area contributed by atoms with Gasteiger partial charge < -0.3 is 9.72 Å². The fraction of sp³-hybridized carbons (Fsp3) is 0.0714. The van der Waals surface area contributed by atoms with E-state index in [2.05, 4.69) is 46.4 Å². The maximum Gasteiger partial charge on any atom is 0.149 e. The van der Waals surface area contributed by atoms with Crippen LogP contribution in [0.4, 0.5) is 0 Å². The highest BCUT2D eigenvalue weighted by molar-refractivity contribution is 5.91. The highest BCUT2D eigenvalue weighted by Gasteiger charge is 2.10. The average molecular weight is 415 g/mol. The first-order valence-electron chi connectivity index (χ1n) is 10.5.